The van der Waals surface area contributed by atoms with Crippen molar-refractivity contribution in [3.63, 3.8) is 0 Å². The summed E-state index contributed by atoms with van der Waals surface area (Å²) in [5.41, 5.74) is 2.36. The molecule has 2 aromatic carbocycles. The fourth-order valence-corrected chi connectivity index (χ4v) is 2.72. The molecule has 3 rings (SSSR count). The summed E-state index contributed by atoms with van der Waals surface area (Å²) >= 11 is 0. The summed E-state index contributed by atoms with van der Waals surface area (Å²) in [5.74, 6) is 2.16. The Kier molecular flexibility index (Phi) is 6.39. The molecule has 0 aliphatic rings. The standard InChI is InChI=1S/C21H25N3O2/c1-3-13-22-20(21-23-16(2)24-26-21)14-17-9-11-19(12-10-17)25-15-18-7-5-4-6-8-18/h4-12,20,22H,3,13-15H2,1-2H3. The first-order valence-electron chi connectivity index (χ1n) is 9.04. The Hall–Kier alpha value is -2.66. The molecule has 0 saturated carbocycles. The molecule has 1 N–H and O–H groups in total. The lowest BCUT2D eigenvalue weighted by atomic mass is 10.1. The van der Waals surface area contributed by atoms with Crippen molar-refractivity contribution < 1.29 is 9.26 Å². The molecule has 0 aliphatic carbocycles. The Morgan fingerprint density at radius 3 is 2.46 bits per heavy atom. The molecule has 1 heterocycles. The lowest BCUT2D eigenvalue weighted by molar-refractivity contribution is 0.306. The largest absolute Gasteiger partial charge is 0.489 e. The molecular weight excluding hydrogens is 326 g/mol. The van der Waals surface area contributed by atoms with Crippen LogP contribution in [-0.2, 0) is 13.0 Å². The van der Waals surface area contributed by atoms with Gasteiger partial charge >= 0.3 is 0 Å². The summed E-state index contributed by atoms with van der Waals surface area (Å²) in [6, 6.07) is 18.4. The van der Waals surface area contributed by atoms with Gasteiger partial charge in [0.2, 0.25) is 5.89 Å². The third-order valence-electron chi connectivity index (χ3n) is 4.09. The number of aromatic nitrogens is 2. The molecule has 0 aliphatic heterocycles. The highest BCUT2D eigenvalue weighted by Crippen LogP contribution is 2.20. The van der Waals surface area contributed by atoms with E-state index in [1.165, 1.54) is 5.56 Å². The summed E-state index contributed by atoms with van der Waals surface area (Å²) in [6.07, 6.45) is 1.84. The third kappa shape index (κ3) is 5.17. The zero-order valence-corrected chi connectivity index (χ0v) is 15.3. The molecule has 26 heavy (non-hydrogen) atoms. The Morgan fingerprint density at radius 2 is 1.81 bits per heavy atom. The predicted octanol–water partition coefficient (Wildman–Crippen LogP) is 4.24. The monoisotopic (exact) mass is 351 g/mol. The van der Waals surface area contributed by atoms with E-state index in [2.05, 4.69) is 46.6 Å². The molecule has 3 aromatic rings. The summed E-state index contributed by atoms with van der Waals surface area (Å²) in [7, 11) is 0. The number of aryl methyl sites for hydroxylation is 1. The zero-order valence-electron chi connectivity index (χ0n) is 15.3. The molecule has 1 unspecified atom stereocenters. The molecule has 0 bridgehead atoms. The molecule has 5 nitrogen and oxygen atoms in total. The van der Waals surface area contributed by atoms with Gasteiger partial charge in [0.05, 0.1) is 6.04 Å². The SMILES string of the molecule is CCCNC(Cc1ccc(OCc2ccccc2)cc1)c1nc(C)no1. The van der Waals surface area contributed by atoms with Crippen molar-refractivity contribution in [3.05, 3.63) is 77.4 Å². The zero-order chi connectivity index (χ0) is 18.2. The van der Waals surface area contributed by atoms with Crippen LogP contribution in [0.25, 0.3) is 0 Å². The van der Waals surface area contributed by atoms with Gasteiger partial charge in [-0.15, -0.1) is 0 Å². The van der Waals surface area contributed by atoms with Gasteiger partial charge < -0.3 is 14.6 Å². The van der Waals surface area contributed by atoms with Crippen LogP contribution >= 0.6 is 0 Å². The van der Waals surface area contributed by atoms with E-state index in [9.17, 15) is 0 Å². The van der Waals surface area contributed by atoms with Crippen LogP contribution in [0.4, 0.5) is 0 Å². The van der Waals surface area contributed by atoms with Crippen molar-refractivity contribution in [2.24, 2.45) is 0 Å². The van der Waals surface area contributed by atoms with Crippen molar-refractivity contribution in [1.82, 2.24) is 15.5 Å². The lowest BCUT2D eigenvalue weighted by Crippen LogP contribution is -2.24. The van der Waals surface area contributed by atoms with E-state index in [0.29, 0.717) is 18.3 Å². The van der Waals surface area contributed by atoms with Crippen molar-refractivity contribution in [2.45, 2.75) is 39.3 Å². The number of benzene rings is 2. The maximum Gasteiger partial charge on any atom is 0.244 e. The number of hydrogen-bond acceptors (Lipinski definition) is 5. The molecule has 0 fully saturated rings. The van der Waals surface area contributed by atoms with E-state index in [1.807, 2.05) is 37.3 Å². The van der Waals surface area contributed by atoms with Crippen molar-refractivity contribution in [3.8, 4) is 5.75 Å². The average molecular weight is 351 g/mol. The Bertz CT molecular complexity index is 785. The van der Waals surface area contributed by atoms with Crippen LogP contribution in [-0.4, -0.2) is 16.7 Å². The van der Waals surface area contributed by atoms with Gasteiger partial charge in [-0.2, -0.15) is 4.98 Å². The number of nitrogens with zero attached hydrogens (tertiary/aromatic N) is 2. The van der Waals surface area contributed by atoms with Gasteiger partial charge in [-0.05, 0) is 49.6 Å². The normalized spacial score (nSPS) is 12.1. The van der Waals surface area contributed by atoms with Gasteiger partial charge in [-0.25, -0.2) is 0 Å². The van der Waals surface area contributed by atoms with Crippen LogP contribution in [0.15, 0.2) is 59.1 Å². The molecule has 1 aromatic heterocycles. The number of ether oxygens (including phenoxy) is 1. The van der Waals surface area contributed by atoms with Gasteiger partial charge in [0.15, 0.2) is 5.82 Å². The van der Waals surface area contributed by atoms with E-state index in [-0.39, 0.29) is 6.04 Å². The van der Waals surface area contributed by atoms with Crippen LogP contribution in [0.5, 0.6) is 5.75 Å². The fraction of sp³-hybridized carbons (Fsp3) is 0.333. The molecule has 0 saturated heterocycles. The highest BCUT2D eigenvalue weighted by Gasteiger charge is 2.18. The topological polar surface area (TPSA) is 60.2 Å². The van der Waals surface area contributed by atoms with Crippen LogP contribution < -0.4 is 10.1 Å². The summed E-state index contributed by atoms with van der Waals surface area (Å²) in [6.45, 7) is 5.46. The first kappa shape index (κ1) is 18.1. The van der Waals surface area contributed by atoms with Crippen molar-refractivity contribution >= 4 is 0 Å². The van der Waals surface area contributed by atoms with E-state index in [0.717, 1.165) is 30.7 Å². The average Bonchev–Trinajstić information content (AvgIpc) is 3.11. The number of rotatable bonds is 9. The third-order valence-corrected chi connectivity index (χ3v) is 4.09. The van der Waals surface area contributed by atoms with Gasteiger partial charge in [0.25, 0.3) is 0 Å². The smallest absolute Gasteiger partial charge is 0.244 e. The second kappa shape index (κ2) is 9.15. The molecule has 5 heteroatoms. The van der Waals surface area contributed by atoms with E-state index >= 15 is 0 Å². The maximum atomic E-state index is 5.85. The van der Waals surface area contributed by atoms with Gasteiger partial charge in [-0.1, -0.05) is 54.5 Å². The van der Waals surface area contributed by atoms with Gasteiger partial charge in [-0.3, -0.25) is 0 Å². The number of nitrogens with one attached hydrogen (secondary N) is 1. The molecule has 136 valence electrons. The van der Waals surface area contributed by atoms with Crippen molar-refractivity contribution in [2.75, 3.05) is 6.54 Å². The van der Waals surface area contributed by atoms with Gasteiger partial charge in [0.1, 0.15) is 12.4 Å². The van der Waals surface area contributed by atoms with Crippen molar-refractivity contribution in [1.29, 1.82) is 0 Å². The molecule has 0 amide bonds. The quantitative estimate of drug-likeness (QED) is 0.625. The Morgan fingerprint density at radius 1 is 1.04 bits per heavy atom. The van der Waals surface area contributed by atoms with E-state index in [4.69, 9.17) is 9.26 Å². The van der Waals surface area contributed by atoms with Crippen LogP contribution in [0.1, 0.15) is 42.2 Å². The predicted molar refractivity (Wildman–Crippen MR) is 101 cm³/mol. The molecule has 0 radical (unpaired) electrons. The lowest BCUT2D eigenvalue weighted by Gasteiger charge is -2.15. The second-order valence-corrected chi connectivity index (χ2v) is 6.31. The van der Waals surface area contributed by atoms with Crippen LogP contribution in [0.3, 0.4) is 0 Å². The Labute approximate surface area is 154 Å². The minimum Gasteiger partial charge on any atom is -0.489 e. The molecule has 0 spiro atoms. The highest BCUT2D eigenvalue weighted by atomic mass is 16.5. The maximum absolute atomic E-state index is 5.85. The summed E-state index contributed by atoms with van der Waals surface area (Å²) in [4.78, 5) is 4.38. The Balaban J connectivity index is 1.61. The number of hydrogen-bond donors (Lipinski definition) is 1. The molecular formula is C21H25N3O2. The van der Waals surface area contributed by atoms with Crippen LogP contribution in [0, 0.1) is 6.92 Å². The van der Waals surface area contributed by atoms with Gasteiger partial charge in [0, 0.05) is 0 Å². The summed E-state index contributed by atoms with van der Waals surface area (Å²) < 4.78 is 11.2. The highest BCUT2D eigenvalue weighted by molar-refractivity contribution is 5.28. The fourth-order valence-electron chi connectivity index (χ4n) is 2.72. The first-order chi connectivity index (χ1) is 12.7. The van der Waals surface area contributed by atoms with Crippen LogP contribution in [0.2, 0.25) is 0 Å². The second-order valence-electron chi connectivity index (χ2n) is 6.31. The van der Waals surface area contributed by atoms with E-state index < -0.39 is 0 Å². The minimum absolute atomic E-state index is 0.0206. The first-order valence-corrected chi connectivity index (χ1v) is 9.04. The minimum atomic E-state index is 0.0206. The molecule has 1 atom stereocenters. The summed E-state index contributed by atoms with van der Waals surface area (Å²) in [5, 5.41) is 7.39. The van der Waals surface area contributed by atoms with E-state index in [1.54, 1.807) is 0 Å².